The van der Waals surface area contributed by atoms with Gasteiger partial charge in [0.2, 0.25) is 0 Å². The van der Waals surface area contributed by atoms with Crippen molar-refractivity contribution in [3.63, 3.8) is 0 Å². The lowest BCUT2D eigenvalue weighted by Crippen LogP contribution is -2.29. The second kappa shape index (κ2) is 7.91. The molecule has 0 bridgehead atoms. The Labute approximate surface area is 173 Å². The van der Waals surface area contributed by atoms with Crippen LogP contribution in [0.4, 0.5) is 4.39 Å². The van der Waals surface area contributed by atoms with Crippen molar-refractivity contribution >= 4 is 17.4 Å². The summed E-state index contributed by atoms with van der Waals surface area (Å²) in [5.74, 6) is -2.50. The SMILES string of the molecule is Cc1ccc(/C(O)=C2/C(=O)C(=O)N(Cc3ccncc3)C2c2ccccc2F)cc1. The Kier molecular flexibility index (Phi) is 5.14. The zero-order valence-corrected chi connectivity index (χ0v) is 16.2. The molecule has 1 saturated heterocycles. The van der Waals surface area contributed by atoms with Crippen molar-refractivity contribution in [2.75, 3.05) is 0 Å². The molecule has 1 atom stereocenters. The molecule has 0 aliphatic carbocycles. The van der Waals surface area contributed by atoms with Gasteiger partial charge >= 0.3 is 0 Å². The van der Waals surface area contributed by atoms with Crippen LogP contribution in [-0.2, 0) is 16.1 Å². The van der Waals surface area contributed by atoms with Gasteiger partial charge in [-0.1, -0.05) is 48.0 Å². The molecule has 5 nitrogen and oxygen atoms in total. The number of nitrogens with zero attached hydrogens (tertiary/aromatic N) is 2. The Balaban J connectivity index is 1.88. The molecule has 1 unspecified atom stereocenters. The van der Waals surface area contributed by atoms with Crippen LogP contribution in [0, 0.1) is 12.7 Å². The molecule has 4 rings (SSSR count). The van der Waals surface area contributed by atoms with Crippen LogP contribution >= 0.6 is 0 Å². The number of aromatic nitrogens is 1. The number of aliphatic hydroxyl groups is 1. The highest BCUT2D eigenvalue weighted by molar-refractivity contribution is 6.46. The lowest BCUT2D eigenvalue weighted by Gasteiger charge is -2.25. The molecule has 30 heavy (non-hydrogen) atoms. The van der Waals surface area contributed by atoms with Crippen molar-refractivity contribution in [1.82, 2.24) is 9.88 Å². The highest BCUT2D eigenvalue weighted by Crippen LogP contribution is 2.41. The largest absolute Gasteiger partial charge is 0.507 e. The number of aryl methyl sites for hydroxylation is 1. The van der Waals surface area contributed by atoms with Gasteiger partial charge < -0.3 is 10.0 Å². The highest BCUT2D eigenvalue weighted by Gasteiger charge is 2.46. The van der Waals surface area contributed by atoms with Gasteiger partial charge in [-0.15, -0.1) is 0 Å². The summed E-state index contributed by atoms with van der Waals surface area (Å²) in [6, 6.07) is 15.3. The molecular formula is C24H19FN2O3. The summed E-state index contributed by atoms with van der Waals surface area (Å²) >= 11 is 0. The predicted molar refractivity (Wildman–Crippen MR) is 110 cm³/mol. The summed E-state index contributed by atoms with van der Waals surface area (Å²) in [7, 11) is 0. The van der Waals surface area contributed by atoms with Crippen molar-refractivity contribution < 1.29 is 19.1 Å². The minimum absolute atomic E-state index is 0.0801. The molecule has 0 saturated carbocycles. The first-order valence-corrected chi connectivity index (χ1v) is 9.46. The van der Waals surface area contributed by atoms with E-state index in [0.717, 1.165) is 11.1 Å². The normalized spacial score (nSPS) is 18.1. The average molecular weight is 402 g/mol. The summed E-state index contributed by atoms with van der Waals surface area (Å²) in [5, 5.41) is 11.0. The van der Waals surface area contributed by atoms with E-state index in [0.29, 0.717) is 5.56 Å². The number of halogens is 1. The smallest absolute Gasteiger partial charge is 0.295 e. The quantitative estimate of drug-likeness (QED) is 0.404. The number of carbonyl (C=O) groups is 2. The zero-order valence-electron chi connectivity index (χ0n) is 16.2. The van der Waals surface area contributed by atoms with E-state index in [1.807, 2.05) is 6.92 Å². The number of carbonyl (C=O) groups excluding carboxylic acids is 2. The first-order chi connectivity index (χ1) is 14.5. The third kappa shape index (κ3) is 3.48. The number of amides is 1. The van der Waals surface area contributed by atoms with Gasteiger partial charge in [-0.05, 0) is 30.7 Å². The van der Waals surface area contributed by atoms with Gasteiger partial charge in [-0.25, -0.2) is 4.39 Å². The standard InChI is InChI=1S/C24H19FN2O3/c1-15-6-8-17(9-7-15)22(28)20-21(18-4-2-3-5-19(18)25)27(24(30)23(20)29)14-16-10-12-26-13-11-16/h2-13,21,28H,14H2,1H3/b22-20-. The van der Waals surface area contributed by atoms with Crippen LogP contribution < -0.4 is 0 Å². The Morgan fingerprint density at radius 3 is 2.37 bits per heavy atom. The number of hydrogen-bond acceptors (Lipinski definition) is 4. The van der Waals surface area contributed by atoms with E-state index in [2.05, 4.69) is 4.98 Å². The van der Waals surface area contributed by atoms with Crippen molar-refractivity contribution in [2.45, 2.75) is 19.5 Å². The van der Waals surface area contributed by atoms with Gasteiger partial charge in [0.05, 0.1) is 11.6 Å². The Bertz CT molecular complexity index is 1140. The fourth-order valence-corrected chi connectivity index (χ4v) is 3.62. The first-order valence-electron chi connectivity index (χ1n) is 9.46. The number of Topliss-reactive ketones (excluding diaryl/α,β-unsaturated/α-hetero) is 1. The van der Waals surface area contributed by atoms with Gasteiger partial charge in [-0.3, -0.25) is 14.6 Å². The number of aliphatic hydroxyl groups excluding tert-OH is 1. The van der Waals surface area contributed by atoms with E-state index in [4.69, 9.17) is 0 Å². The van der Waals surface area contributed by atoms with Gasteiger partial charge in [-0.2, -0.15) is 0 Å². The monoisotopic (exact) mass is 402 g/mol. The molecule has 0 spiro atoms. The van der Waals surface area contributed by atoms with E-state index >= 15 is 0 Å². The summed E-state index contributed by atoms with van der Waals surface area (Å²) in [4.78, 5) is 31.1. The van der Waals surface area contributed by atoms with E-state index in [-0.39, 0.29) is 23.4 Å². The number of pyridine rings is 1. The van der Waals surface area contributed by atoms with Crippen LogP contribution in [0.25, 0.3) is 5.76 Å². The van der Waals surface area contributed by atoms with Crippen LogP contribution in [0.2, 0.25) is 0 Å². The van der Waals surface area contributed by atoms with Crippen LogP contribution in [0.15, 0.2) is 78.6 Å². The molecule has 1 aliphatic rings. The number of hydrogen-bond donors (Lipinski definition) is 1. The molecule has 150 valence electrons. The van der Waals surface area contributed by atoms with Crippen molar-refractivity contribution in [1.29, 1.82) is 0 Å². The minimum Gasteiger partial charge on any atom is -0.507 e. The van der Waals surface area contributed by atoms with Crippen LogP contribution in [-0.4, -0.2) is 26.7 Å². The van der Waals surface area contributed by atoms with Gasteiger partial charge in [0.25, 0.3) is 11.7 Å². The summed E-state index contributed by atoms with van der Waals surface area (Å²) in [5.41, 5.74) is 2.14. The Morgan fingerprint density at radius 1 is 1.03 bits per heavy atom. The maximum atomic E-state index is 14.7. The maximum absolute atomic E-state index is 14.7. The van der Waals surface area contributed by atoms with Gasteiger partial charge in [0.15, 0.2) is 0 Å². The second-order valence-corrected chi connectivity index (χ2v) is 7.17. The number of rotatable bonds is 4. The maximum Gasteiger partial charge on any atom is 0.295 e. The fourth-order valence-electron chi connectivity index (χ4n) is 3.62. The van der Waals surface area contributed by atoms with E-state index in [9.17, 15) is 19.1 Å². The van der Waals surface area contributed by atoms with Gasteiger partial charge in [0.1, 0.15) is 11.6 Å². The third-order valence-electron chi connectivity index (χ3n) is 5.17. The summed E-state index contributed by atoms with van der Waals surface area (Å²) < 4.78 is 14.7. The van der Waals surface area contributed by atoms with E-state index in [1.54, 1.807) is 54.9 Å². The first kappa shape index (κ1) is 19.5. The molecule has 1 N–H and O–H groups in total. The molecular weight excluding hydrogens is 383 g/mol. The van der Waals surface area contributed by atoms with E-state index < -0.39 is 23.5 Å². The lowest BCUT2D eigenvalue weighted by molar-refractivity contribution is -0.140. The fraction of sp³-hybridized carbons (Fsp3) is 0.125. The Hall–Kier alpha value is -3.80. The van der Waals surface area contributed by atoms with Crippen LogP contribution in [0.3, 0.4) is 0 Å². The van der Waals surface area contributed by atoms with Gasteiger partial charge in [0, 0.05) is 30.1 Å². The molecule has 6 heteroatoms. The molecule has 1 fully saturated rings. The zero-order chi connectivity index (χ0) is 21.3. The summed E-state index contributed by atoms with van der Waals surface area (Å²) in [6.45, 7) is 1.98. The molecule has 2 aromatic carbocycles. The van der Waals surface area contributed by atoms with E-state index in [1.165, 1.54) is 23.1 Å². The van der Waals surface area contributed by atoms with Crippen molar-refractivity contribution in [3.05, 3.63) is 107 Å². The lowest BCUT2D eigenvalue weighted by atomic mass is 9.94. The summed E-state index contributed by atoms with van der Waals surface area (Å²) in [6.07, 6.45) is 3.16. The van der Waals surface area contributed by atoms with Crippen molar-refractivity contribution in [2.24, 2.45) is 0 Å². The number of benzene rings is 2. The second-order valence-electron chi connectivity index (χ2n) is 7.17. The minimum atomic E-state index is -1.04. The average Bonchev–Trinajstić information content (AvgIpc) is 3.00. The highest BCUT2D eigenvalue weighted by atomic mass is 19.1. The Morgan fingerprint density at radius 2 is 1.70 bits per heavy atom. The molecule has 3 aromatic rings. The molecule has 1 amide bonds. The van der Waals surface area contributed by atoms with Crippen LogP contribution in [0.5, 0.6) is 0 Å². The van der Waals surface area contributed by atoms with Crippen LogP contribution in [0.1, 0.15) is 28.3 Å². The van der Waals surface area contributed by atoms with Crippen molar-refractivity contribution in [3.8, 4) is 0 Å². The molecule has 2 heterocycles. The predicted octanol–water partition coefficient (Wildman–Crippen LogP) is 4.15. The third-order valence-corrected chi connectivity index (χ3v) is 5.17. The molecule has 1 aliphatic heterocycles. The topological polar surface area (TPSA) is 70.5 Å². The number of likely N-dealkylation sites (tertiary alicyclic amines) is 1. The number of ketones is 1. The molecule has 1 aromatic heterocycles. The molecule has 0 radical (unpaired) electrons.